The van der Waals surface area contributed by atoms with Gasteiger partial charge in [0.1, 0.15) is 11.5 Å². The van der Waals surface area contributed by atoms with E-state index in [-0.39, 0.29) is 0 Å². The van der Waals surface area contributed by atoms with Crippen LogP contribution in [0.5, 0.6) is 11.5 Å². The predicted octanol–water partition coefficient (Wildman–Crippen LogP) is 2.17. The fourth-order valence-corrected chi connectivity index (χ4v) is 1.45. The number of carbonyl (C=O) groups excluding carboxylic acids is 1. The molecule has 19 heavy (non-hydrogen) atoms. The van der Waals surface area contributed by atoms with Crippen molar-refractivity contribution in [3.05, 3.63) is 23.8 Å². The number of nitrogens with one attached hydrogen (secondary N) is 1. The molecule has 0 aromatic heterocycles. The molecule has 0 spiro atoms. The molecule has 0 saturated heterocycles. The first-order valence-electron chi connectivity index (χ1n) is 5.81. The van der Waals surface area contributed by atoms with Crippen molar-refractivity contribution >= 4 is 11.8 Å². The molecule has 0 atom stereocenters. The predicted molar refractivity (Wildman–Crippen MR) is 71.9 cm³/mol. The molecule has 0 unspecified atom stereocenters. The number of nitrogens with zero attached hydrogens (tertiary/aromatic N) is 1. The fraction of sp³-hybridized carbons (Fsp3) is 0.385. The zero-order valence-corrected chi connectivity index (χ0v) is 11.5. The van der Waals surface area contributed by atoms with E-state index in [0.29, 0.717) is 23.8 Å². The summed E-state index contributed by atoms with van der Waals surface area (Å²) in [7, 11) is 3.14. The standard InChI is InChI=1S/C13H18N2O4/c1-5-19-13(16)15-14-9(2)11-7-6-10(17-3)8-12(11)18-4/h6-8H,5H2,1-4H3,(H,15,16)/b14-9-. The highest BCUT2D eigenvalue weighted by atomic mass is 16.5. The average molecular weight is 266 g/mol. The highest BCUT2D eigenvalue weighted by Gasteiger charge is 2.08. The molecule has 0 fully saturated rings. The van der Waals surface area contributed by atoms with E-state index in [1.165, 1.54) is 0 Å². The number of amides is 1. The van der Waals surface area contributed by atoms with Crippen LogP contribution in [0.25, 0.3) is 0 Å². The van der Waals surface area contributed by atoms with Gasteiger partial charge in [-0.1, -0.05) is 0 Å². The molecule has 0 bridgehead atoms. The van der Waals surface area contributed by atoms with Crippen LogP contribution in [0.1, 0.15) is 19.4 Å². The molecule has 0 heterocycles. The minimum absolute atomic E-state index is 0.298. The summed E-state index contributed by atoms with van der Waals surface area (Å²) in [6.07, 6.45) is -0.589. The van der Waals surface area contributed by atoms with E-state index in [1.807, 2.05) is 6.07 Å². The van der Waals surface area contributed by atoms with Crippen LogP contribution in [0, 0.1) is 0 Å². The minimum Gasteiger partial charge on any atom is -0.497 e. The number of carbonyl (C=O) groups is 1. The van der Waals surface area contributed by atoms with Gasteiger partial charge in [0.15, 0.2) is 0 Å². The van der Waals surface area contributed by atoms with E-state index in [1.54, 1.807) is 40.2 Å². The van der Waals surface area contributed by atoms with E-state index in [9.17, 15) is 4.79 Å². The van der Waals surface area contributed by atoms with Crippen molar-refractivity contribution in [3.63, 3.8) is 0 Å². The van der Waals surface area contributed by atoms with Crippen molar-refractivity contribution in [2.75, 3.05) is 20.8 Å². The molecule has 0 aliphatic heterocycles. The molecule has 1 aromatic carbocycles. The molecule has 1 amide bonds. The molecule has 0 saturated carbocycles. The molecular weight excluding hydrogens is 248 g/mol. The first kappa shape index (κ1) is 14.8. The number of rotatable bonds is 5. The van der Waals surface area contributed by atoms with Crippen LogP contribution in [0.3, 0.4) is 0 Å². The van der Waals surface area contributed by atoms with Crippen molar-refractivity contribution in [1.29, 1.82) is 0 Å². The van der Waals surface area contributed by atoms with Gasteiger partial charge in [0.25, 0.3) is 0 Å². The molecule has 0 aliphatic carbocycles. The first-order chi connectivity index (χ1) is 9.12. The Morgan fingerprint density at radius 3 is 2.63 bits per heavy atom. The maximum absolute atomic E-state index is 11.1. The lowest BCUT2D eigenvalue weighted by atomic mass is 10.1. The van der Waals surface area contributed by atoms with Gasteiger partial charge in [-0.2, -0.15) is 5.10 Å². The zero-order chi connectivity index (χ0) is 14.3. The largest absolute Gasteiger partial charge is 0.497 e. The molecule has 6 nitrogen and oxygen atoms in total. The third-order valence-corrected chi connectivity index (χ3v) is 2.39. The van der Waals surface area contributed by atoms with Gasteiger partial charge in [0.05, 0.1) is 26.5 Å². The number of ether oxygens (including phenoxy) is 3. The van der Waals surface area contributed by atoms with Crippen LogP contribution >= 0.6 is 0 Å². The smallest absolute Gasteiger partial charge is 0.427 e. The monoisotopic (exact) mass is 266 g/mol. The van der Waals surface area contributed by atoms with E-state index >= 15 is 0 Å². The summed E-state index contributed by atoms with van der Waals surface area (Å²) < 4.78 is 15.1. The molecule has 6 heteroatoms. The Balaban J connectivity index is 2.89. The van der Waals surface area contributed by atoms with Gasteiger partial charge < -0.3 is 14.2 Å². The quantitative estimate of drug-likeness (QED) is 0.655. The van der Waals surface area contributed by atoms with Crippen LogP contribution in [-0.2, 0) is 4.74 Å². The summed E-state index contributed by atoms with van der Waals surface area (Å²) in [5.74, 6) is 1.30. The molecular formula is C13H18N2O4. The van der Waals surface area contributed by atoms with Crippen LogP contribution in [0.2, 0.25) is 0 Å². The van der Waals surface area contributed by atoms with Crippen LogP contribution in [0.4, 0.5) is 4.79 Å². The number of hydrogen-bond donors (Lipinski definition) is 1. The Kier molecular flexibility index (Phi) is 5.66. The third kappa shape index (κ3) is 4.17. The highest BCUT2D eigenvalue weighted by Crippen LogP contribution is 2.24. The Bertz CT molecular complexity index is 472. The van der Waals surface area contributed by atoms with E-state index < -0.39 is 6.09 Å². The second-order valence-corrected chi connectivity index (χ2v) is 3.60. The fourth-order valence-electron chi connectivity index (χ4n) is 1.45. The van der Waals surface area contributed by atoms with Crippen LogP contribution < -0.4 is 14.9 Å². The second kappa shape index (κ2) is 7.25. The molecule has 1 N–H and O–H groups in total. The number of benzene rings is 1. The van der Waals surface area contributed by atoms with Gasteiger partial charge >= 0.3 is 6.09 Å². The lowest BCUT2D eigenvalue weighted by Crippen LogP contribution is -2.20. The Morgan fingerprint density at radius 1 is 1.32 bits per heavy atom. The molecule has 0 aliphatic rings. The first-order valence-corrected chi connectivity index (χ1v) is 5.81. The summed E-state index contributed by atoms with van der Waals surface area (Å²) in [5.41, 5.74) is 3.67. The Hall–Kier alpha value is -2.24. The van der Waals surface area contributed by atoms with Gasteiger partial charge in [-0.15, -0.1) is 0 Å². The van der Waals surface area contributed by atoms with Crippen molar-refractivity contribution in [3.8, 4) is 11.5 Å². The van der Waals surface area contributed by atoms with Gasteiger partial charge in [-0.25, -0.2) is 10.2 Å². The van der Waals surface area contributed by atoms with Crippen molar-refractivity contribution < 1.29 is 19.0 Å². The summed E-state index contributed by atoms with van der Waals surface area (Å²) in [6, 6.07) is 5.35. The second-order valence-electron chi connectivity index (χ2n) is 3.60. The lowest BCUT2D eigenvalue weighted by molar-refractivity contribution is 0.152. The van der Waals surface area contributed by atoms with E-state index in [4.69, 9.17) is 14.2 Å². The summed E-state index contributed by atoms with van der Waals surface area (Å²) in [4.78, 5) is 11.1. The maximum atomic E-state index is 11.1. The Labute approximate surface area is 112 Å². The number of hydrogen-bond acceptors (Lipinski definition) is 5. The van der Waals surface area contributed by atoms with Crippen LogP contribution in [-0.4, -0.2) is 32.6 Å². The normalized spacial score (nSPS) is 10.8. The third-order valence-electron chi connectivity index (χ3n) is 2.39. The molecule has 1 aromatic rings. The van der Waals surface area contributed by atoms with Gasteiger partial charge in [-0.05, 0) is 26.0 Å². The van der Waals surface area contributed by atoms with E-state index in [2.05, 4.69) is 10.5 Å². The number of hydrazone groups is 1. The summed E-state index contributed by atoms with van der Waals surface area (Å²) in [5, 5.41) is 3.95. The van der Waals surface area contributed by atoms with E-state index in [0.717, 1.165) is 5.56 Å². The van der Waals surface area contributed by atoms with Gasteiger partial charge in [0.2, 0.25) is 0 Å². The zero-order valence-electron chi connectivity index (χ0n) is 11.5. The molecule has 0 radical (unpaired) electrons. The lowest BCUT2D eigenvalue weighted by Gasteiger charge is -2.10. The van der Waals surface area contributed by atoms with Crippen LogP contribution in [0.15, 0.2) is 23.3 Å². The van der Waals surface area contributed by atoms with Crippen molar-refractivity contribution in [1.82, 2.24) is 5.43 Å². The molecule has 1 rings (SSSR count). The van der Waals surface area contributed by atoms with Crippen molar-refractivity contribution in [2.24, 2.45) is 5.10 Å². The SMILES string of the molecule is CCOC(=O)N/N=C(/C)c1ccc(OC)cc1OC. The molecule has 104 valence electrons. The maximum Gasteiger partial charge on any atom is 0.427 e. The number of methoxy groups -OCH3 is 2. The highest BCUT2D eigenvalue weighted by molar-refractivity contribution is 6.01. The minimum atomic E-state index is -0.589. The van der Waals surface area contributed by atoms with Gasteiger partial charge in [0, 0.05) is 11.6 Å². The Morgan fingerprint density at radius 2 is 2.05 bits per heavy atom. The van der Waals surface area contributed by atoms with Gasteiger partial charge in [-0.3, -0.25) is 0 Å². The summed E-state index contributed by atoms with van der Waals surface area (Å²) in [6.45, 7) is 3.78. The van der Waals surface area contributed by atoms with Crippen molar-refractivity contribution in [2.45, 2.75) is 13.8 Å². The topological polar surface area (TPSA) is 69.2 Å². The average Bonchev–Trinajstić information content (AvgIpc) is 2.44. The summed E-state index contributed by atoms with van der Waals surface area (Å²) >= 11 is 0.